The van der Waals surface area contributed by atoms with Gasteiger partial charge < -0.3 is 24.2 Å². The van der Waals surface area contributed by atoms with E-state index < -0.39 is 17.7 Å². The van der Waals surface area contributed by atoms with E-state index in [-0.39, 0.29) is 11.3 Å². The van der Waals surface area contributed by atoms with Crippen molar-refractivity contribution in [2.75, 3.05) is 27.4 Å². The van der Waals surface area contributed by atoms with E-state index in [2.05, 4.69) is 0 Å². The van der Waals surface area contributed by atoms with E-state index in [9.17, 15) is 14.7 Å². The van der Waals surface area contributed by atoms with Crippen molar-refractivity contribution in [2.45, 2.75) is 19.4 Å². The number of ether oxygens (including phenoxy) is 3. The lowest BCUT2D eigenvalue weighted by Gasteiger charge is -2.25. The number of aryl methyl sites for hydroxylation is 1. The van der Waals surface area contributed by atoms with Crippen molar-refractivity contribution in [3.63, 3.8) is 0 Å². The van der Waals surface area contributed by atoms with Gasteiger partial charge >= 0.3 is 0 Å². The van der Waals surface area contributed by atoms with E-state index in [0.717, 1.165) is 5.56 Å². The van der Waals surface area contributed by atoms with Gasteiger partial charge in [0.15, 0.2) is 0 Å². The molecule has 0 aliphatic carbocycles. The van der Waals surface area contributed by atoms with Gasteiger partial charge in [0, 0.05) is 25.8 Å². The molecule has 1 aliphatic rings. The normalized spacial score (nSPS) is 16.9. The molecule has 0 unspecified atom stereocenters. The Morgan fingerprint density at radius 3 is 2.36 bits per heavy atom. The molecular weight excluding hydrogens is 458 g/mol. The molecule has 1 atom stereocenters. The zero-order chi connectivity index (χ0) is 25.7. The Kier molecular flexibility index (Phi) is 7.71. The van der Waals surface area contributed by atoms with E-state index in [0.29, 0.717) is 47.9 Å². The Labute approximate surface area is 210 Å². The molecule has 1 saturated heterocycles. The second-order valence-electron chi connectivity index (χ2n) is 8.51. The van der Waals surface area contributed by atoms with Gasteiger partial charge in [-0.3, -0.25) is 9.59 Å². The van der Waals surface area contributed by atoms with Crippen molar-refractivity contribution in [1.29, 1.82) is 0 Å². The standard InChI is InChI=1S/C29H29NO6/c1-19-17-22(35-3)13-14-24(19)27(31)25-26(30(15-8-16-34-2)29(33)28(25)32)20-9-7-12-23(18-20)36-21-10-5-4-6-11-21/h4-7,9-14,17-18,26,31H,8,15-16H2,1-3H3/t26-/m1/s1. The lowest BCUT2D eigenvalue weighted by Crippen LogP contribution is -2.31. The number of aliphatic hydroxyl groups is 1. The van der Waals surface area contributed by atoms with Crippen LogP contribution >= 0.6 is 0 Å². The van der Waals surface area contributed by atoms with Crippen molar-refractivity contribution in [1.82, 2.24) is 4.90 Å². The van der Waals surface area contributed by atoms with E-state index in [1.165, 1.54) is 4.90 Å². The molecule has 0 radical (unpaired) electrons. The fourth-order valence-electron chi connectivity index (χ4n) is 4.38. The minimum Gasteiger partial charge on any atom is -0.507 e. The summed E-state index contributed by atoms with van der Waals surface area (Å²) in [6.45, 7) is 2.55. The van der Waals surface area contributed by atoms with Crippen molar-refractivity contribution in [2.24, 2.45) is 0 Å². The summed E-state index contributed by atoms with van der Waals surface area (Å²) in [5, 5.41) is 11.4. The number of aliphatic hydroxyl groups excluding tert-OH is 1. The van der Waals surface area contributed by atoms with E-state index >= 15 is 0 Å². The molecule has 3 aromatic carbocycles. The molecule has 0 bridgehead atoms. The Morgan fingerprint density at radius 1 is 0.917 bits per heavy atom. The number of methoxy groups -OCH3 is 2. The zero-order valence-corrected chi connectivity index (χ0v) is 20.6. The third-order valence-corrected chi connectivity index (χ3v) is 6.13. The fourth-order valence-corrected chi connectivity index (χ4v) is 4.38. The van der Waals surface area contributed by atoms with Crippen molar-refractivity contribution >= 4 is 17.4 Å². The molecule has 36 heavy (non-hydrogen) atoms. The highest BCUT2D eigenvalue weighted by Crippen LogP contribution is 2.41. The van der Waals surface area contributed by atoms with E-state index in [1.807, 2.05) is 49.4 Å². The molecule has 0 saturated carbocycles. The number of nitrogens with zero attached hydrogens (tertiary/aromatic N) is 1. The van der Waals surface area contributed by atoms with E-state index in [1.54, 1.807) is 44.6 Å². The van der Waals surface area contributed by atoms with Gasteiger partial charge in [0.25, 0.3) is 11.7 Å². The molecule has 1 N–H and O–H groups in total. The molecule has 1 fully saturated rings. The predicted molar refractivity (Wildman–Crippen MR) is 136 cm³/mol. The second kappa shape index (κ2) is 11.1. The lowest BCUT2D eigenvalue weighted by molar-refractivity contribution is -0.140. The summed E-state index contributed by atoms with van der Waals surface area (Å²) in [5.41, 5.74) is 1.89. The minimum atomic E-state index is -0.775. The van der Waals surface area contributed by atoms with Crippen molar-refractivity contribution in [3.05, 3.63) is 95.1 Å². The number of hydrogen-bond acceptors (Lipinski definition) is 6. The van der Waals surface area contributed by atoms with E-state index in [4.69, 9.17) is 14.2 Å². The van der Waals surface area contributed by atoms with Gasteiger partial charge in [-0.15, -0.1) is 0 Å². The molecule has 4 rings (SSSR count). The average Bonchev–Trinajstić information content (AvgIpc) is 3.14. The molecule has 1 amide bonds. The van der Waals surface area contributed by atoms with Crippen molar-refractivity contribution in [3.8, 4) is 17.2 Å². The zero-order valence-electron chi connectivity index (χ0n) is 20.6. The van der Waals surface area contributed by atoms with Gasteiger partial charge in [-0.2, -0.15) is 0 Å². The molecule has 7 heteroatoms. The van der Waals surface area contributed by atoms with Gasteiger partial charge in [0.05, 0.1) is 18.7 Å². The molecule has 186 valence electrons. The minimum absolute atomic E-state index is 0.0440. The molecule has 1 aliphatic heterocycles. The van der Waals surface area contributed by atoms with Crippen LogP contribution in [0.25, 0.3) is 5.76 Å². The van der Waals surface area contributed by atoms with Crippen LogP contribution in [-0.4, -0.2) is 49.1 Å². The van der Waals surface area contributed by atoms with Crippen LogP contribution in [0.2, 0.25) is 0 Å². The van der Waals surface area contributed by atoms with Gasteiger partial charge in [-0.25, -0.2) is 0 Å². The molecule has 3 aromatic rings. The molecule has 1 heterocycles. The number of likely N-dealkylation sites (tertiary alicyclic amines) is 1. The summed E-state index contributed by atoms with van der Waals surface area (Å²) in [6.07, 6.45) is 0.543. The van der Waals surface area contributed by atoms with Crippen molar-refractivity contribution < 1.29 is 28.9 Å². The smallest absolute Gasteiger partial charge is 0.295 e. The van der Waals surface area contributed by atoms with Crippen LogP contribution < -0.4 is 9.47 Å². The maximum absolute atomic E-state index is 13.3. The Balaban J connectivity index is 1.80. The molecule has 0 aromatic heterocycles. The quantitative estimate of drug-likeness (QED) is 0.192. The first kappa shape index (κ1) is 25.0. The van der Waals surface area contributed by atoms with Crippen LogP contribution in [0.4, 0.5) is 0 Å². The third-order valence-electron chi connectivity index (χ3n) is 6.13. The number of rotatable bonds is 9. The van der Waals surface area contributed by atoms with Gasteiger partial charge in [-0.1, -0.05) is 30.3 Å². The summed E-state index contributed by atoms with van der Waals surface area (Å²) in [4.78, 5) is 27.9. The monoisotopic (exact) mass is 487 g/mol. The Hall–Kier alpha value is -4.10. The predicted octanol–water partition coefficient (Wildman–Crippen LogP) is 5.25. The molecule has 7 nitrogen and oxygen atoms in total. The average molecular weight is 488 g/mol. The van der Waals surface area contributed by atoms with Gasteiger partial charge in [0.1, 0.15) is 23.0 Å². The molecular formula is C29H29NO6. The third kappa shape index (κ3) is 5.11. The number of hydrogen-bond donors (Lipinski definition) is 1. The largest absolute Gasteiger partial charge is 0.507 e. The van der Waals surface area contributed by atoms with Gasteiger partial charge in [0.2, 0.25) is 0 Å². The number of Topliss-reactive ketones (excluding diaryl/α,β-unsaturated/α-hetero) is 1. The summed E-state index contributed by atoms with van der Waals surface area (Å²) < 4.78 is 16.4. The first-order valence-electron chi connectivity index (χ1n) is 11.7. The first-order chi connectivity index (χ1) is 17.4. The Bertz CT molecular complexity index is 1280. The maximum Gasteiger partial charge on any atom is 0.295 e. The fraction of sp³-hybridized carbons (Fsp3) is 0.241. The lowest BCUT2D eigenvalue weighted by atomic mass is 9.93. The number of benzene rings is 3. The number of carbonyl (C=O) groups excluding carboxylic acids is 2. The van der Waals surface area contributed by atoms with Crippen LogP contribution in [0.15, 0.2) is 78.4 Å². The number of ketones is 1. The summed E-state index contributed by atoms with van der Waals surface area (Å²) in [6, 6.07) is 21.0. The number of carbonyl (C=O) groups is 2. The highest BCUT2D eigenvalue weighted by atomic mass is 16.5. The van der Waals surface area contributed by atoms with Gasteiger partial charge in [-0.05, 0) is 66.9 Å². The van der Waals surface area contributed by atoms with Crippen LogP contribution in [0.5, 0.6) is 17.2 Å². The van der Waals surface area contributed by atoms with Crippen LogP contribution in [0.3, 0.4) is 0 Å². The Morgan fingerprint density at radius 2 is 1.67 bits per heavy atom. The summed E-state index contributed by atoms with van der Waals surface area (Å²) in [7, 11) is 3.15. The maximum atomic E-state index is 13.3. The van der Waals surface area contributed by atoms with Crippen LogP contribution in [-0.2, 0) is 14.3 Å². The second-order valence-corrected chi connectivity index (χ2v) is 8.51. The number of para-hydroxylation sites is 1. The number of amides is 1. The topological polar surface area (TPSA) is 85.3 Å². The first-order valence-corrected chi connectivity index (χ1v) is 11.7. The SMILES string of the molecule is COCCCN1C(=O)C(=O)C(=C(O)c2ccc(OC)cc2C)[C@H]1c1cccc(Oc2ccccc2)c1. The summed E-state index contributed by atoms with van der Waals surface area (Å²) in [5.74, 6) is 0.255. The highest BCUT2D eigenvalue weighted by Gasteiger charge is 2.46. The van der Waals surface area contributed by atoms with Crippen LogP contribution in [0, 0.1) is 6.92 Å². The summed E-state index contributed by atoms with van der Waals surface area (Å²) >= 11 is 0. The highest BCUT2D eigenvalue weighted by molar-refractivity contribution is 6.46. The molecule has 0 spiro atoms. The van der Waals surface area contributed by atoms with Crippen LogP contribution in [0.1, 0.15) is 29.2 Å².